The Morgan fingerprint density at radius 2 is 1.94 bits per heavy atom. The van der Waals surface area contributed by atoms with E-state index in [0.29, 0.717) is 23.8 Å². The molecule has 0 heterocycles. The molecule has 0 radical (unpaired) electrons. The van der Waals surface area contributed by atoms with Crippen molar-refractivity contribution in [1.29, 1.82) is 0 Å². The molecule has 0 spiro atoms. The molecule has 3 nitrogen and oxygen atoms in total. The smallest absolute Gasteiger partial charge is 0.254 e. The van der Waals surface area contributed by atoms with Crippen molar-refractivity contribution < 1.29 is 4.79 Å². The van der Waals surface area contributed by atoms with E-state index < -0.39 is 0 Å². The third-order valence-electron chi connectivity index (χ3n) is 3.51. The predicted molar refractivity (Wildman–Crippen MR) is 74.3 cm³/mol. The van der Waals surface area contributed by atoms with Crippen molar-refractivity contribution in [3.63, 3.8) is 0 Å². The van der Waals surface area contributed by atoms with Crippen molar-refractivity contribution >= 4 is 11.6 Å². The largest absolute Gasteiger partial charge is 0.399 e. The zero-order valence-electron chi connectivity index (χ0n) is 10.6. The van der Waals surface area contributed by atoms with Crippen LogP contribution in [0.5, 0.6) is 0 Å². The summed E-state index contributed by atoms with van der Waals surface area (Å²) in [5, 5.41) is 0. The normalized spacial score (nSPS) is 15.6. The Bertz CT molecular complexity index is 419. The molecule has 96 valence electrons. The van der Waals surface area contributed by atoms with Crippen LogP contribution in [0.25, 0.3) is 0 Å². The van der Waals surface area contributed by atoms with Gasteiger partial charge in [0.05, 0.1) is 0 Å². The molecule has 1 aliphatic rings. The SMILES string of the molecule is C=CCN(C(=O)c1ccc(N)cc1)C1CCCC1. The molecular formula is C15H20N2O. The van der Waals surface area contributed by atoms with Crippen molar-refractivity contribution in [2.24, 2.45) is 0 Å². The van der Waals surface area contributed by atoms with E-state index in [-0.39, 0.29) is 5.91 Å². The van der Waals surface area contributed by atoms with Gasteiger partial charge < -0.3 is 10.6 Å². The van der Waals surface area contributed by atoms with Crippen LogP contribution >= 0.6 is 0 Å². The van der Waals surface area contributed by atoms with Gasteiger partial charge >= 0.3 is 0 Å². The van der Waals surface area contributed by atoms with Gasteiger partial charge in [0.25, 0.3) is 5.91 Å². The van der Waals surface area contributed by atoms with Crippen LogP contribution in [-0.4, -0.2) is 23.4 Å². The van der Waals surface area contributed by atoms with Gasteiger partial charge in [-0.1, -0.05) is 18.9 Å². The second-order valence-electron chi connectivity index (χ2n) is 4.81. The first kappa shape index (κ1) is 12.7. The number of nitrogen functional groups attached to an aromatic ring is 1. The van der Waals surface area contributed by atoms with Crippen LogP contribution in [0.1, 0.15) is 36.0 Å². The fraction of sp³-hybridized carbons (Fsp3) is 0.400. The molecule has 1 aromatic carbocycles. The number of carbonyl (C=O) groups excluding carboxylic acids is 1. The lowest BCUT2D eigenvalue weighted by atomic mass is 10.1. The van der Waals surface area contributed by atoms with Crippen molar-refractivity contribution in [1.82, 2.24) is 4.90 Å². The zero-order chi connectivity index (χ0) is 13.0. The molecule has 1 aromatic rings. The maximum Gasteiger partial charge on any atom is 0.254 e. The van der Waals surface area contributed by atoms with Gasteiger partial charge in [-0.3, -0.25) is 4.79 Å². The Balaban J connectivity index is 2.16. The zero-order valence-corrected chi connectivity index (χ0v) is 10.6. The van der Waals surface area contributed by atoms with Crippen LogP contribution in [0.4, 0.5) is 5.69 Å². The number of benzene rings is 1. The Morgan fingerprint density at radius 1 is 1.33 bits per heavy atom. The Kier molecular flexibility index (Phi) is 4.03. The Morgan fingerprint density at radius 3 is 2.50 bits per heavy atom. The second-order valence-corrected chi connectivity index (χ2v) is 4.81. The molecule has 0 saturated heterocycles. The molecule has 0 bridgehead atoms. The number of amides is 1. The molecule has 0 unspecified atom stereocenters. The monoisotopic (exact) mass is 244 g/mol. The highest BCUT2D eigenvalue weighted by atomic mass is 16.2. The molecule has 0 atom stereocenters. The van der Waals surface area contributed by atoms with E-state index in [4.69, 9.17) is 5.73 Å². The molecular weight excluding hydrogens is 224 g/mol. The number of hydrogen-bond donors (Lipinski definition) is 1. The van der Waals surface area contributed by atoms with Gasteiger partial charge in [0.15, 0.2) is 0 Å². The van der Waals surface area contributed by atoms with Gasteiger partial charge in [-0.05, 0) is 37.1 Å². The number of hydrogen-bond acceptors (Lipinski definition) is 2. The average molecular weight is 244 g/mol. The predicted octanol–water partition coefficient (Wildman–Crippen LogP) is 2.84. The average Bonchev–Trinajstić information content (AvgIpc) is 2.90. The third-order valence-corrected chi connectivity index (χ3v) is 3.51. The van der Waals surface area contributed by atoms with Crippen LogP contribution in [-0.2, 0) is 0 Å². The van der Waals surface area contributed by atoms with Crippen LogP contribution in [0, 0.1) is 0 Å². The number of rotatable bonds is 4. The lowest BCUT2D eigenvalue weighted by molar-refractivity contribution is 0.0706. The van der Waals surface area contributed by atoms with Crippen molar-refractivity contribution in [2.45, 2.75) is 31.7 Å². The van der Waals surface area contributed by atoms with Gasteiger partial charge in [0.2, 0.25) is 0 Å². The lowest BCUT2D eigenvalue weighted by Crippen LogP contribution is -2.38. The van der Waals surface area contributed by atoms with Gasteiger partial charge in [-0.15, -0.1) is 6.58 Å². The topological polar surface area (TPSA) is 46.3 Å². The standard InChI is InChI=1S/C15H20N2O/c1-2-11-17(14-5-3-4-6-14)15(18)12-7-9-13(16)10-8-12/h2,7-10,14H,1,3-6,11,16H2. The molecule has 1 saturated carbocycles. The highest BCUT2D eigenvalue weighted by Crippen LogP contribution is 2.25. The van der Waals surface area contributed by atoms with E-state index in [2.05, 4.69) is 6.58 Å². The van der Waals surface area contributed by atoms with Crippen molar-refractivity contribution in [3.05, 3.63) is 42.5 Å². The first-order valence-corrected chi connectivity index (χ1v) is 6.50. The highest BCUT2D eigenvalue weighted by Gasteiger charge is 2.26. The van der Waals surface area contributed by atoms with E-state index in [0.717, 1.165) is 12.8 Å². The molecule has 1 aliphatic carbocycles. The fourth-order valence-electron chi connectivity index (χ4n) is 2.54. The molecule has 18 heavy (non-hydrogen) atoms. The summed E-state index contributed by atoms with van der Waals surface area (Å²) in [4.78, 5) is 14.4. The summed E-state index contributed by atoms with van der Waals surface area (Å²) in [5.41, 5.74) is 7.03. The minimum atomic E-state index is 0.0850. The van der Waals surface area contributed by atoms with E-state index in [1.54, 1.807) is 30.3 Å². The quantitative estimate of drug-likeness (QED) is 0.654. The summed E-state index contributed by atoms with van der Waals surface area (Å²) in [7, 11) is 0. The number of carbonyl (C=O) groups is 1. The highest BCUT2D eigenvalue weighted by molar-refractivity contribution is 5.94. The van der Waals surface area contributed by atoms with E-state index in [1.165, 1.54) is 12.8 Å². The first-order valence-electron chi connectivity index (χ1n) is 6.50. The Hall–Kier alpha value is -1.77. The summed E-state index contributed by atoms with van der Waals surface area (Å²) in [5.74, 6) is 0.0850. The fourth-order valence-corrected chi connectivity index (χ4v) is 2.54. The van der Waals surface area contributed by atoms with Crippen LogP contribution in [0.3, 0.4) is 0 Å². The van der Waals surface area contributed by atoms with E-state index >= 15 is 0 Å². The summed E-state index contributed by atoms with van der Waals surface area (Å²) in [6, 6.07) is 7.50. The molecule has 1 amide bonds. The summed E-state index contributed by atoms with van der Waals surface area (Å²) >= 11 is 0. The van der Waals surface area contributed by atoms with Crippen molar-refractivity contribution in [3.8, 4) is 0 Å². The van der Waals surface area contributed by atoms with Gasteiger partial charge in [-0.2, -0.15) is 0 Å². The van der Waals surface area contributed by atoms with Gasteiger partial charge in [0, 0.05) is 23.8 Å². The molecule has 2 N–H and O–H groups in total. The van der Waals surface area contributed by atoms with Crippen LogP contribution in [0.2, 0.25) is 0 Å². The summed E-state index contributed by atoms with van der Waals surface area (Å²) < 4.78 is 0. The molecule has 0 aliphatic heterocycles. The number of anilines is 1. The molecule has 3 heteroatoms. The maximum atomic E-state index is 12.5. The first-order chi connectivity index (χ1) is 8.72. The van der Waals surface area contributed by atoms with E-state index in [9.17, 15) is 4.79 Å². The molecule has 2 rings (SSSR count). The minimum Gasteiger partial charge on any atom is -0.399 e. The maximum absolute atomic E-state index is 12.5. The molecule has 1 fully saturated rings. The van der Waals surface area contributed by atoms with Gasteiger partial charge in [-0.25, -0.2) is 0 Å². The third kappa shape index (κ3) is 2.73. The Labute approximate surface area is 108 Å². The second kappa shape index (κ2) is 5.71. The number of nitrogens with zero attached hydrogens (tertiary/aromatic N) is 1. The van der Waals surface area contributed by atoms with E-state index in [1.807, 2.05) is 4.90 Å². The summed E-state index contributed by atoms with van der Waals surface area (Å²) in [6.45, 7) is 4.37. The van der Waals surface area contributed by atoms with Gasteiger partial charge in [0.1, 0.15) is 0 Å². The van der Waals surface area contributed by atoms with Crippen LogP contribution < -0.4 is 5.73 Å². The van der Waals surface area contributed by atoms with Crippen LogP contribution in [0.15, 0.2) is 36.9 Å². The lowest BCUT2D eigenvalue weighted by Gasteiger charge is -2.28. The van der Waals surface area contributed by atoms with Crippen molar-refractivity contribution in [2.75, 3.05) is 12.3 Å². The minimum absolute atomic E-state index is 0.0850. The molecule has 0 aromatic heterocycles. The number of nitrogens with two attached hydrogens (primary N) is 1. The summed E-state index contributed by atoms with van der Waals surface area (Å²) in [6.07, 6.45) is 6.44.